The summed E-state index contributed by atoms with van der Waals surface area (Å²) in [4.78, 5) is 18.1. The zero-order chi connectivity index (χ0) is 15.4. The first-order chi connectivity index (χ1) is 10.0. The lowest BCUT2D eigenvalue weighted by atomic mass is 10.1. The van der Waals surface area contributed by atoms with Crippen molar-refractivity contribution in [1.29, 1.82) is 0 Å². The predicted molar refractivity (Wildman–Crippen MR) is 93.4 cm³/mol. The predicted octanol–water partition coefficient (Wildman–Crippen LogP) is 3.14. The van der Waals surface area contributed by atoms with Crippen molar-refractivity contribution in [3.05, 3.63) is 34.9 Å². The van der Waals surface area contributed by atoms with Crippen LogP contribution in [0, 0.1) is 13.8 Å². The Morgan fingerprint density at radius 1 is 1.57 bits per heavy atom. The Morgan fingerprint density at radius 3 is 3.05 bits per heavy atom. The molecule has 1 amide bonds. The third-order valence-electron chi connectivity index (χ3n) is 3.00. The van der Waals surface area contributed by atoms with E-state index in [1.807, 2.05) is 26.0 Å². The number of fused-ring (bicyclic) bond motifs is 1. The molecule has 0 unspecified atom stereocenters. The van der Waals surface area contributed by atoms with E-state index < -0.39 is 0 Å². The van der Waals surface area contributed by atoms with Gasteiger partial charge in [-0.05, 0) is 25.5 Å². The first-order valence-electron chi connectivity index (χ1n) is 6.67. The molecule has 0 aliphatic heterocycles. The highest BCUT2D eigenvalue weighted by atomic mass is 32.2. The quantitative estimate of drug-likeness (QED) is 0.633. The number of aromatic nitrogens is 1. The number of carbonyl (C=O) groups excluding carboxylic acids is 1. The Hall–Kier alpha value is -1.53. The standard InChI is InChI=1S/C15H19N3OS2/c1-4-6-20-7-5-17-14(19)13-12(16)11-9(2)8-10(3)18-15(11)21-13/h4,8H,1,5-7,16H2,2-3H3,(H,17,19). The maximum Gasteiger partial charge on any atom is 0.263 e. The van der Waals surface area contributed by atoms with Crippen LogP contribution in [-0.2, 0) is 0 Å². The van der Waals surface area contributed by atoms with Gasteiger partial charge in [-0.2, -0.15) is 11.8 Å². The Balaban J connectivity index is 2.14. The Kier molecular flexibility index (Phi) is 5.25. The number of thioether (sulfide) groups is 1. The van der Waals surface area contributed by atoms with Gasteiger partial charge in [0, 0.05) is 29.1 Å². The topological polar surface area (TPSA) is 68.0 Å². The number of amides is 1. The number of rotatable bonds is 6. The van der Waals surface area contributed by atoms with Crippen LogP contribution in [0.15, 0.2) is 18.7 Å². The number of nitrogens with one attached hydrogen (secondary N) is 1. The van der Waals surface area contributed by atoms with Crippen molar-refractivity contribution < 1.29 is 4.79 Å². The molecule has 0 aliphatic rings. The SMILES string of the molecule is C=CCSCCNC(=O)c1sc2nc(C)cc(C)c2c1N. The van der Waals surface area contributed by atoms with Gasteiger partial charge in [-0.25, -0.2) is 4.98 Å². The van der Waals surface area contributed by atoms with E-state index in [-0.39, 0.29) is 5.91 Å². The van der Waals surface area contributed by atoms with Crippen LogP contribution in [0.3, 0.4) is 0 Å². The van der Waals surface area contributed by atoms with Gasteiger partial charge in [0.05, 0.1) is 5.69 Å². The lowest BCUT2D eigenvalue weighted by molar-refractivity contribution is 0.0961. The fourth-order valence-electron chi connectivity index (χ4n) is 2.12. The minimum Gasteiger partial charge on any atom is -0.397 e. The number of nitrogens with two attached hydrogens (primary N) is 1. The zero-order valence-electron chi connectivity index (χ0n) is 12.2. The molecule has 2 aromatic heterocycles. The highest BCUT2D eigenvalue weighted by molar-refractivity contribution is 7.99. The monoisotopic (exact) mass is 321 g/mol. The van der Waals surface area contributed by atoms with Crippen molar-refractivity contribution in [1.82, 2.24) is 10.3 Å². The Bertz CT molecular complexity index is 679. The van der Waals surface area contributed by atoms with Crippen molar-refractivity contribution in [3.8, 4) is 0 Å². The minimum atomic E-state index is -0.119. The summed E-state index contributed by atoms with van der Waals surface area (Å²) in [7, 11) is 0. The summed E-state index contributed by atoms with van der Waals surface area (Å²) in [6.07, 6.45) is 1.85. The van der Waals surface area contributed by atoms with Gasteiger partial charge < -0.3 is 11.1 Å². The molecule has 112 valence electrons. The summed E-state index contributed by atoms with van der Waals surface area (Å²) in [6, 6.07) is 1.99. The molecule has 0 bridgehead atoms. The van der Waals surface area contributed by atoms with E-state index in [1.165, 1.54) is 11.3 Å². The van der Waals surface area contributed by atoms with Gasteiger partial charge in [-0.3, -0.25) is 4.79 Å². The van der Waals surface area contributed by atoms with Gasteiger partial charge in [0.1, 0.15) is 9.71 Å². The first kappa shape index (κ1) is 15.9. The van der Waals surface area contributed by atoms with E-state index in [9.17, 15) is 4.79 Å². The molecule has 0 spiro atoms. The van der Waals surface area contributed by atoms with Gasteiger partial charge in [0.25, 0.3) is 5.91 Å². The summed E-state index contributed by atoms with van der Waals surface area (Å²) in [5, 5.41) is 3.80. The number of anilines is 1. The second kappa shape index (κ2) is 6.95. The van der Waals surface area contributed by atoms with E-state index in [0.29, 0.717) is 17.1 Å². The van der Waals surface area contributed by atoms with Crippen molar-refractivity contribution in [2.45, 2.75) is 13.8 Å². The van der Waals surface area contributed by atoms with Crippen molar-refractivity contribution in [3.63, 3.8) is 0 Å². The summed E-state index contributed by atoms with van der Waals surface area (Å²) in [6.45, 7) is 8.22. The number of pyridine rings is 1. The highest BCUT2D eigenvalue weighted by Crippen LogP contribution is 2.34. The molecule has 21 heavy (non-hydrogen) atoms. The zero-order valence-corrected chi connectivity index (χ0v) is 13.9. The van der Waals surface area contributed by atoms with Crippen LogP contribution in [-0.4, -0.2) is 28.9 Å². The van der Waals surface area contributed by atoms with Crippen LogP contribution in [0.25, 0.3) is 10.2 Å². The normalized spacial score (nSPS) is 10.8. The molecule has 0 saturated heterocycles. The summed E-state index contributed by atoms with van der Waals surface area (Å²) >= 11 is 3.09. The minimum absolute atomic E-state index is 0.119. The van der Waals surface area contributed by atoms with E-state index in [1.54, 1.807) is 11.8 Å². The van der Waals surface area contributed by atoms with Crippen LogP contribution in [0.2, 0.25) is 0 Å². The molecule has 2 aromatic rings. The van der Waals surface area contributed by atoms with Crippen molar-refractivity contribution >= 4 is 44.9 Å². The fourth-order valence-corrected chi connectivity index (χ4v) is 3.83. The van der Waals surface area contributed by atoms with Gasteiger partial charge in [-0.15, -0.1) is 17.9 Å². The molecule has 3 N–H and O–H groups in total. The average Bonchev–Trinajstić information content (AvgIpc) is 2.75. The molecule has 0 aliphatic carbocycles. The summed E-state index contributed by atoms with van der Waals surface area (Å²) < 4.78 is 0. The molecule has 0 saturated carbocycles. The van der Waals surface area contributed by atoms with Crippen LogP contribution in [0.5, 0.6) is 0 Å². The molecular weight excluding hydrogens is 302 g/mol. The second-order valence-corrected chi connectivity index (χ2v) is 6.87. The number of hydrogen-bond donors (Lipinski definition) is 2. The number of thiophene rings is 1. The van der Waals surface area contributed by atoms with Gasteiger partial charge in [0.2, 0.25) is 0 Å². The van der Waals surface area contributed by atoms with Crippen LogP contribution in [0.1, 0.15) is 20.9 Å². The number of aryl methyl sites for hydroxylation is 2. The first-order valence-corrected chi connectivity index (χ1v) is 8.64. The summed E-state index contributed by atoms with van der Waals surface area (Å²) in [5.41, 5.74) is 8.67. The van der Waals surface area contributed by atoms with Gasteiger partial charge in [-0.1, -0.05) is 6.08 Å². The van der Waals surface area contributed by atoms with Crippen LogP contribution in [0.4, 0.5) is 5.69 Å². The third kappa shape index (κ3) is 3.57. The fraction of sp³-hybridized carbons (Fsp3) is 0.333. The average molecular weight is 321 g/mol. The van der Waals surface area contributed by atoms with Crippen molar-refractivity contribution in [2.24, 2.45) is 0 Å². The van der Waals surface area contributed by atoms with Crippen LogP contribution >= 0.6 is 23.1 Å². The number of hydrogen-bond acceptors (Lipinski definition) is 5. The largest absolute Gasteiger partial charge is 0.397 e. The number of carbonyl (C=O) groups is 1. The van der Waals surface area contributed by atoms with E-state index >= 15 is 0 Å². The molecule has 4 nitrogen and oxygen atoms in total. The molecule has 6 heteroatoms. The molecule has 0 aromatic carbocycles. The molecule has 0 radical (unpaired) electrons. The molecule has 0 atom stereocenters. The molecule has 0 fully saturated rings. The molecule has 2 rings (SSSR count). The van der Waals surface area contributed by atoms with E-state index in [2.05, 4.69) is 16.9 Å². The second-order valence-electron chi connectivity index (χ2n) is 4.73. The lowest BCUT2D eigenvalue weighted by Crippen LogP contribution is -2.25. The van der Waals surface area contributed by atoms with E-state index in [0.717, 1.165) is 33.0 Å². The number of nitrogens with zero attached hydrogens (tertiary/aromatic N) is 1. The van der Waals surface area contributed by atoms with Crippen molar-refractivity contribution in [2.75, 3.05) is 23.8 Å². The maximum atomic E-state index is 12.2. The number of nitrogen functional groups attached to an aromatic ring is 1. The summed E-state index contributed by atoms with van der Waals surface area (Å²) in [5.74, 6) is 1.63. The van der Waals surface area contributed by atoms with Gasteiger partial charge in [0.15, 0.2) is 0 Å². The smallest absolute Gasteiger partial charge is 0.263 e. The van der Waals surface area contributed by atoms with Crippen LogP contribution < -0.4 is 11.1 Å². The molecular formula is C15H19N3OS2. The molecule has 2 heterocycles. The third-order valence-corrected chi connectivity index (χ3v) is 5.06. The lowest BCUT2D eigenvalue weighted by Gasteiger charge is -2.03. The Labute approximate surface area is 132 Å². The Morgan fingerprint density at radius 2 is 2.33 bits per heavy atom. The van der Waals surface area contributed by atoms with E-state index in [4.69, 9.17) is 5.73 Å². The van der Waals surface area contributed by atoms with Gasteiger partial charge >= 0.3 is 0 Å². The maximum absolute atomic E-state index is 12.2. The highest BCUT2D eigenvalue weighted by Gasteiger charge is 2.18.